The highest BCUT2D eigenvalue weighted by atomic mass is 79.9. The maximum atomic E-state index is 5.33. The maximum absolute atomic E-state index is 5.33. The first-order valence-corrected chi connectivity index (χ1v) is 4.24. The zero-order chi connectivity index (χ0) is 7.68. The lowest BCUT2D eigenvalue weighted by molar-refractivity contribution is 0.463. The molecular weight excluding hydrogens is 204 g/mol. The van der Waals surface area contributed by atoms with Crippen molar-refractivity contribution in [3.8, 4) is 5.75 Å². The molecule has 0 spiro atoms. The van der Waals surface area contributed by atoms with E-state index >= 15 is 0 Å². The van der Waals surface area contributed by atoms with Crippen LogP contribution in [0.3, 0.4) is 0 Å². The molecule has 0 aliphatic carbocycles. The van der Waals surface area contributed by atoms with E-state index in [2.05, 4.69) is 22.0 Å². The van der Waals surface area contributed by atoms with Crippen LogP contribution in [0.2, 0.25) is 0 Å². The van der Waals surface area contributed by atoms with E-state index in [0.29, 0.717) is 0 Å². The first-order valence-electron chi connectivity index (χ1n) is 3.45. The standard InChI is InChI=1S/C9H7BrO/c10-8-5-7-3-1-2-4-9(7)11-6-8/h1-4,6H,5H2. The van der Waals surface area contributed by atoms with Gasteiger partial charge in [-0.3, -0.25) is 0 Å². The van der Waals surface area contributed by atoms with Gasteiger partial charge in [-0.2, -0.15) is 0 Å². The van der Waals surface area contributed by atoms with Gasteiger partial charge < -0.3 is 4.74 Å². The molecule has 0 atom stereocenters. The van der Waals surface area contributed by atoms with Gasteiger partial charge in [0.2, 0.25) is 0 Å². The quantitative estimate of drug-likeness (QED) is 0.641. The molecule has 1 aromatic rings. The lowest BCUT2D eigenvalue weighted by Gasteiger charge is -2.12. The monoisotopic (exact) mass is 210 g/mol. The van der Waals surface area contributed by atoms with E-state index in [1.54, 1.807) is 6.26 Å². The van der Waals surface area contributed by atoms with Crippen molar-refractivity contribution in [3.63, 3.8) is 0 Å². The Labute approximate surface area is 73.8 Å². The normalized spacial score (nSPS) is 14.8. The molecular formula is C9H7BrO. The average molecular weight is 211 g/mol. The van der Waals surface area contributed by atoms with Gasteiger partial charge in [0, 0.05) is 10.9 Å². The summed E-state index contributed by atoms with van der Waals surface area (Å²) in [5, 5.41) is 0. The van der Waals surface area contributed by atoms with Crippen molar-refractivity contribution >= 4 is 15.9 Å². The molecule has 56 valence electrons. The van der Waals surface area contributed by atoms with Crippen molar-refractivity contribution in [2.75, 3.05) is 0 Å². The SMILES string of the molecule is BrC1=COc2ccccc2C1. The number of hydrogen-bond acceptors (Lipinski definition) is 1. The number of allylic oxidation sites excluding steroid dienone is 1. The second-order valence-electron chi connectivity index (χ2n) is 2.47. The van der Waals surface area contributed by atoms with Crippen molar-refractivity contribution in [2.45, 2.75) is 6.42 Å². The molecule has 0 saturated carbocycles. The van der Waals surface area contributed by atoms with Gasteiger partial charge in [0.1, 0.15) is 12.0 Å². The molecule has 0 N–H and O–H groups in total. The van der Waals surface area contributed by atoms with Gasteiger partial charge in [0.25, 0.3) is 0 Å². The Morgan fingerprint density at radius 3 is 3.00 bits per heavy atom. The Bertz CT molecular complexity index is 304. The first-order chi connectivity index (χ1) is 5.36. The van der Waals surface area contributed by atoms with Crippen molar-refractivity contribution in [1.29, 1.82) is 0 Å². The summed E-state index contributed by atoms with van der Waals surface area (Å²) < 4.78 is 6.42. The summed E-state index contributed by atoms with van der Waals surface area (Å²) in [6.45, 7) is 0. The second-order valence-corrected chi connectivity index (χ2v) is 3.49. The Kier molecular flexibility index (Phi) is 1.70. The minimum Gasteiger partial charge on any atom is -0.464 e. The van der Waals surface area contributed by atoms with Gasteiger partial charge in [-0.15, -0.1) is 0 Å². The third-order valence-corrected chi connectivity index (χ3v) is 2.11. The minimum atomic E-state index is 0.941. The Morgan fingerprint density at radius 2 is 2.09 bits per heavy atom. The minimum absolute atomic E-state index is 0.941. The van der Waals surface area contributed by atoms with Gasteiger partial charge in [-0.05, 0) is 11.6 Å². The number of benzene rings is 1. The van der Waals surface area contributed by atoms with Crippen LogP contribution >= 0.6 is 15.9 Å². The molecule has 0 bridgehead atoms. The van der Waals surface area contributed by atoms with Crippen LogP contribution in [0.15, 0.2) is 35.0 Å². The highest BCUT2D eigenvalue weighted by molar-refractivity contribution is 9.11. The van der Waals surface area contributed by atoms with Gasteiger partial charge in [-0.1, -0.05) is 34.1 Å². The van der Waals surface area contributed by atoms with Crippen LogP contribution in [0.4, 0.5) is 0 Å². The summed E-state index contributed by atoms with van der Waals surface area (Å²) in [5.74, 6) is 0.968. The molecule has 11 heavy (non-hydrogen) atoms. The number of halogens is 1. The van der Waals surface area contributed by atoms with E-state index in [9.17, 15) is 0 Å². The molecule has 1 nitrogen and oxygen atoms in total. The van der Waals surface area contributed by atoms with Gasteiger partial charge >= 0.3 is 0 Å². The predicted octanol–water partition coefficient (Wildman–Crippen LogP) is 2.86. The number of para-hydroxylation sites is 1. The third kappa shape index (κ3) is 1.31. The van der Waals surface area contributed by atoms with E-state index in [0.717, 1.165) is 16.7 Å². The summed E-state index contributed by atoms with van der Waals surface area (Å²) in [4.78, 5) is 0. The number of rotatable bonds is 0. The summed E-state index contributed by atoms with van der Waals surface area (Å²) in [6, 6.07) is 8.05. The molecule has 2 heteroatoms. The summed E-state index contributed by atoms with van der Waals surface area (Å²) >= 11 is 3.39. The van der Waals surface area contributed by atoms with Crippen LogP contribution < -0.4 is 4.74 Å². The van der Waals surface area contributed by atoms with Gasteiger partial charge in [0.15, 0.2) is 0 Å². The molecule has 0 amide bonds. The maximum Gasteiger partial charge on any atom is 0.130 e. The summed E-state index contributed by atoms with van der Waals surface area (Å²) in [5.41, 5.74) is 1.24. The number of ether oxygens (including phenoxy) is 1. The lowest BCUT2D eigenvalue weighted by atomic mass is 10.1. The highest BCUT2D eigenvalue weighted by Gasteiger charge is 2.08. The van der Waals surface area contributed by atoms with Crippen LogP contribution in [0.1, 0.15) is 5.56 Å². The van der Waals surface area contributed by atoms with Gasteiger partial charge in [-0.25, -0.2) is 0 Å². The highest BCUT2D eigenvalue weighted by Crippen LogP contribution is 2.27. The molecule has 1 aromatic carbocycles. The fourth-order valence-electron chi connectivity index (χ4n) is 1.12. The fraction of sp³-hybridized carbons (Fsp3) is 0.111. The Hall–Kier alpha value is -0.760. The first kappa shape index (κ1) is 6.92. The van der Waals surface area contributed by atoms with Crippen LogP contribution in [0, 0.1) is 0 Å². The zero-order valence-corrected chi connectivity index (χ0v) is 7.47. The van der Waals surface area contributed by atoms with Crippen LogP contribution in [-0.2, 0) is 6.42 Å². The van der Waals surface area contributed by atoms with E-state index in [-0.39, 0.29) is 0 Å². The predicted molar refractivity (Wildman–Crippen MR) is 47.8 cm³/mol. The largest absolute Gasteiger partial charge is 0.464 e. The molecule has 0 saturated heterocycles. The Morgan fingerprint density at radius 1 is 1.27 bits per heavy atom. The topological polar surface area (TPSA) is 9.23 Å². The molecule has 1 aliphatic heterocycles. The molecule has 0 radical (unpaired) electrons. The van der Waals surface area contributed by atoms with E-state index < -0.39 is 0 Å². The van der Waals surface area contributed by atoms with Crippen molar-refractivity contribution in [2.24, 2.45) is 0 Å². The fourth-order valence-corrected chi connectivity index (χ4v) is 1.51. The van der Waals surface area contributed by atoms with Crippen molar-refractivity contribution in [3.05, 3.63) is 40.6 Å². The molecule has 0 unspecified atom stereocenters. The third-order valence-electron chi connectivity index (χ3n) is 1.65. The summed E-state index contributed by atoms with van der Waals surface area (Å²) in [7, 11) is 0. The zero-order valence-electron chi connectivity index (χ0n) is 5.88. The Balaban J connectivity index is 2.42. The van der Waals surface area contributed by atoms with Gasteiger partial charge in [0.05, 0.1) is 0 Å². The smallest absolute Gasteiger partial charge is 0.130 e. The number of hydrogen-bond donors (Lipinski definition) is 0. The van der Waals surface area contributed by atoms with Crippen molar-refractivity contribution < 1.29 is 4.74 Å². The summed E-state index contributed by atoms with van der Waals surface area (Å²) in [6.07, 6.45) is 2.68. The molecule has 2 rings (SSSR count). The average Bonchev–Trinajstić information content (AvgIpc) is 2.04. The van der Waals surface area contributed by atoms with Crippen LogP contribution in [-0.4, -0.2) is 0 Å². The number of fused-ring (bicyclic) bond motifs is 1. The molecule has 0 fully saturated rings. The van der Waals surface area contributed by atoms with Crippen LogP contribution in [0.25, 0.3) is 0 Å². The molecule has 1 aliphatic rings. The van der Waals surface area contributed by atoms with E-state index in [4.69, 9.17) is 4.74 Å². The van der Waals surface area contributed by atoms with E-state index in [1.807, 2.05) is 18.2 Å². The lowest BCUT2D eigenvalue weighted by Crippen LogP contribution is -1.98. The van der Waals surface area contributed by atoms with E-state index in [1.165, 1.54) is 5.56 Å². The van der Waals surface area contributed by atoms with Crippen LogP contribution in [0.5, 0.6) is 5.75 Å². The molecule has 1 heterocycles. The second kappa shape index (κ2) is 2.70. The van der Waals surface area contributed by atoms with Crippen molar-refractivity contribution in [1.82, 2.24) is 0 Å². The molecule has 0 aromatic heterocycles.